The first-order valence-corrected chi connectivity index (χ1v) is 11.5. The van der Waals surface area contributed by atoms with Gasteiger partial charge in [0, 0.05) is 23.2 Å². The molecule has 6 rings (SSSR count). The standard InChI is InChI=1S/C28H18F4N4O/c1-15-10-11-35(33-15)18-7-6-16(23(32)14-18)12-17-13-19-27(26-22(31)9-8-21(30)25(17)26)34-36(28(19)37)24-5-3-2-4-20(24)29/h2-11,13-14,17H,12H2,1H3. The number of para-hydroxylation sites is 1. The third-order valence-corrected chi connectivity index (χ3v) is 6.54. The van der Waals surface area contributed by atoms with Crippen molar-refractivity contribution in [1.29, 1.82) is 0 Å². The lowest BCUT2D eigenvalue weighted by atomic mass is 9.79. The van der Waals surface area contributed by atoms with Crippen molar-refractivity contribution in [1.82, 2.24) is 9.78 Å². The second-order valence-electron chi connectivity index (χ2n) is 8.90. The van der Waals surface area contributed by atoms with Gasteiger partial charge in [-0.3, -0.25) is 4.79 Å². The van der Waals surface area contributed by atoms with E-state index in [2.05, 4.69) is 10.2 Å². The molecular weight excluding hydrogens is 484 g/mol. The summed E-state index contributed by atoms with van der Waals surface area (Å²) in [5.74, 6) is -4.27. The lowest BCUT2D eigenvalue weighted by Crippen LogP contribution is -2.25. The van der Waals surface area contributed by atoms with Gasteiger partial charge in [-0.1, -0.05) is 24.3 Å². The van der Waals surface area contributed by atoms with Crippen LogP contribution in [0.2, 0.25) is 0 Å². The summed E-state index contributed by atoms with van der Waals surface area (Å²) in [5, 5.41) is 9.28. The largest absolute Gasteiger partial charge is 0.280 e. The molecule has 5 nitrogen and oxygen atoms in total. The number of halogens is 4. The molecule has 1 aliphatic heterocycles. The number of nitrogens with zero attached hydrogens (tertiary/aromatic N) is 4. The van der Waals surface area contributed by atoms with Crippen LogP contribution in [0.15, 0.2) is 83.6 Å². The second kappa shape index (κ2) is 8.55. The Morgan fingerprint density at radius 2 is 1.68 bits per heavy atom. The van der Waals surface area contributed by atoms with Crippen LogP contribution < -0.4 is 5.01 Å². The molecule has 2 heterocycles. The maximum atomic E-state index is 15.2. The van der Waals surface area contributed by atoms with Crippen LogP contribution in [0.5, 0.6) is 0 Å². The smallest absolute Gasteiger partial charge is 0.267 e. The molecule has 9 heteroatoms. The summed E-state index contributed by atoms with van der Waals surface area (Å²) in [6.45, 7) is 1.82. The number of hydrogen-bond donors (Lipinski definition) is 0. The molecule has 0 saturated heterocycles. The van der Waals surface area contributed by atoms with Crippen LogP contribution in [0.25, 0.3) is 5.69 Å². The van der Waals surface area contributed by atoms with Gasteiger partial charge in [0.2, 0.25) is 0 Å². The zero-order chi connectivity index (χ0) is 25.8. The number of amides is 1. The number of benzene rings is 3. The zero-order valence-corrected chi connectivity index (χ0v) is 19.4. The van der Waals surface area contributed by atoms with Crippen molar-refractivity contribution < 1.29 is 22.4 Å². The summed E-state index contributed by atoms with van der Waals surface area (Å²) < 4.78 is 61.3. The first-order valence-electron chi connectivity index (χ1n) is 11.5. The Hall–Kier alpha value is -4.53. The van der Waals surface area contributed by atoms with E-state index in [-0.39, 0.29) is 40.1 Å². The summed E-state index contributed by atoms with van der Waals surface area (Å²) in [5.41, 5.74) is 1.14. The maximum absolute atomic E-state index is 15.2. The predicted octanol–water partition coefficient (Wildman–Crippen LogP) is 5.75. The van der Waals surface area contributed by atoms with E-state index in [1.54, 1.807) is 24.4 Å². The number of allylic oxidation sites excluding steroid dienone is 1. The fraction of sp³-hybridized carbons (Fsp3) is 0.107. The van der Waals surface area contributed by atoms with E-state index in [1.165, 1.54) is 41.1 Å². The van der Waals surface area contributed by atoms with Crippen LogP contribution in [-0.4, -0.2) is 21.4 Å². The minimum atomic E-state index is -0.864. The summed E-state index contributed by atoms with van der Waals surface area (Å²) in [4.78, 5) is 13.2. The number of fused-ring (bicyclic) bond motifs is 3. The van der Waals surface area contributed by atoms with Crippen LogP contribution in [0.1, 0.15) is 28.3 Å². The normalized spacial score (nSPS) is 16.4. The SMILES string of the molecule is Cc1ccn(-c2ccc(CC3C=C4C(=O)N(c5ccccc5F)N=C4c4c(F)ccc(F)c43)c(F)c2)n1. The van der Waals surface area contributed by atoms with Crippen molar-refractivity contribution in [3.05, 3.63) is 124 Å². The highest BCUT2D eigenvalue weighted by atomic mass is 19.1. The molecule has 1 amide bonds. The number of hydrogen-bond acceptors (Lipinski definition) is 3. The van der Waals surface area contributed by atoms with Crippen molar-refractivity contribution >= 4 is 17.3 Å². The third kappa shape index (κ3) is 3.74. The Morgan fingerprint density at radius 3 is 2.41 bits per heavy atom. The van der Waals surface area contributed by atoms with E-state index in [0.29, 0.717) is 5.69 Å². The van der Waals surface area contributed by atoms with Gasteiger partial charge in [0.05, 0.1) is 17.0 Å². The van der Waals surface area contributed by atoms with Crippen molar-refractivity contribution in [2.75, 3.05) is 5.01 Å². The summed E-state index contributed by atoms with van der Waals surface area (Å²) in [6, 6.07) is 13.8. The number of carbonyl (C=O) groups is 1. The maximum Gasteiger partial charge on any atom is 0.280 e. The molecule has 37 heavy (non-hydrogen) atoms. The Balaban J connectivity index is 1.43. The molecule has 184 valence electrons. The monoisotopic (exact) mass is 502 g/mol. The molecule has 1 aliphatic carbocycles. The molecule has 0 saturated carbocycles. The van der Waals surface area contributed by atoms with Crippen molar-refractivity contribution in [2.24, 2.45) is 5.10 Å². The van der Waals surface area contributed by atoms with E-state index in [4.69, 9.17) is 0 Å². The Labute approximate surface area is 209 Å². The Morgan fingerprint density at radius 1 is 0.892 bits per heavy atom. The van der Waals surface area contributed by atoms with Crippen LogP contribution in [0.4, 0.5) is 23.2 Å². The van der Waals surface area contributed by atoms with Gasteiger partial charge in [-0.05, 0) is 61.4 Å². The lowest BCUT2D eigenvalue weighted by molar-refractivity contribution is -0.114. The molecule has 0 radical (unpaired) electrons. The molecule has 2 aliphatic rings. The quantitative estimate of drug-likeness (QED) is 0.334. The minimum absolute atomic E-state index is 0.00861. The molecule has 0 fully saturated rings. The van der Waals surface area contributed by atoms with Gasteiger partial charge in [0.15, 0.2) is 0 Å². The highest BCUT2D eigenvalue weighted by molar-refractivity contribution is 6.36. The second-order valence-corrected chi connectivity index (χ2v) is 8.90. The average molecular weight is 502 g/mol. The number of aryl methyl sites for hydroxylation is 1. The average Bonchev–Trinajstić information content (AvgIpc) is 3.46. The fourth-order valence-electron chi connectivity index (χ4n) is 4.79. The molecule has 4 aromatic rings. The number of carbonyl (C=O) groups excluding carboxylic acids is 1. The van der Waals surface area contributed by atoms with E-state index < -0.39 is 35.1 Å². The van der Waals surface area contributed by atoms with Gasteiger partial charge in [-0.15, -0.1) is 0 Å². The summed E-state index contributed by atoms with van der Waals surface area (Å²) >= 11 is 0. The topological polar surface area (TPSA) is 50.5 Å². The van der Waals surface area contributed by atoms with Gasteiger partial charge in [0.25, 0.3) is 5.91 Å². The van der Waals surface area contributed by atoms with Gasteiger partial charge in [0.1, 0.15) is 34.7 Å². The van der Waals surface area contributed by atoms with E-state index in [0.717, 1.165) is 22.8 Å². The Kier molecular flexibility index (Phi) is 5.29. The minimum Gasteiger partial charge on any atom is -0.267 e. The summed E-state index contributed by atoms with van der Waals surface area (Å²) in [7, 11) is 0. The summed E-state index contributed by atoms with van der Waals surface area (Å²) in [6.07, 6.45) is 3.12. The first kappa shape index (κ1) is 22.9. The van der Waals surface area contributed by atoms with Crippen LogP contribution in [0, 0.1) is 30.2 Å². The van der Waals surface area contributed by atoms with Crippen molar-refractivity contribution in [3.8, 4) is 5.69 Å². The molecular formula is C28H18F4N4O. The molecule has 1 atom stereocenters. The molecule has 3 aromatic carbocycles. The highest BCUT2D eigenvalue weighted by Crippen LogP contribution is 2.40. The van der Waals surface area contributed by atoms with Gasteiger partial charge < -0.3 is 0 Å². The van der Waals surface area contributed by atoms with E-state index in [9.17, 15) is 9.18 Å². The van der Waals surface area contributed by atoms with Crippen LogP contribution in [-0.2, 0) is 11.2 Å². The number of anilines is 1. The van der Waals surface area contributed by atoms with Gasteiger partial charge in [-0.2, -0.15) is 15.2 Å². The van der Waals surface area contributed by atoms with E-state index >= 15 is 13.2 Å². The van der Waals surface area contributed by atoms with Gasteiger partial charge >= 0.3 is 0 Å². The number of hydrazone groups is 1. The van der Waals surface area contributed by atoms with Gasteiger partial charge in [-0.25, -0.2) is 22.2 Å². The molecule has 0 bridgehead atoms. The van der Waals surface area contributed by atoms with Crippen molar-refractivity contribution in [2.45, 2.75) is 19.3 Å². The molecule has 0 spiro atoms. The Bertz CT molecular complexity index is 1660. The van der Waals surface area contributed by atoms with Crippen molar-refractivity contribution in [3.63, 3.8) is 0 Å². The van der Waals surface area contributed by atoms with E-state index in [1.807, 2.05) is 6.92 Å². The lowest BCUT2D eigenvalue weighted by Gasteiger charge is -2.24. The fourth-order valence-corrected chi connectivity index (χ4v) is 4.79. The highest BCUT2D eigenvalue weighted by Gasteiger charge is 2.41. The third-order valence-electron chi connectivity index (χ3n) is 6.54. The van der Waals surface area contributed by atoms with Crippen LogP contribution >= 0.6 is 0 Å². The molecule has 1 aromatic heterocycles. The molecule has 1 unspecified atom stereocenters. The number of rotatable bonds is 4. The van der Waals surface area contributed by atoms with Crippen LogP contribution in [0.3, 0.4) is 0 Å². The molecule has 0 N–H and O–H groups in total. The zero-order valence-electron chi connectivity index (χ0n) is 19.4. The predicted molar refractivity (Wildman–Crippen MR) is 130 cm³/mol. The number of aromatic nitrogens is 2. The first-order chi connectivity index (χ1) is 17.8.